The molecule has 3 N–H and O–H groups in total. The number of rotatable bonds is 5. The number of anilines is 1. The maximum Gasteiger partial charge on any atom is 0.319 e. The quantitative estimate of drug-likeness (QED) is 0.728. The summed E-state index contributed by atoms with van der Waals surface area (Å²) in [5.41, 5.74) is 1.33. The number of hydrogen-bond donors (Lipinski definition) is 3. The van der Waals surface area contributed by atoms with Gasteiger partial charge in [0.25, 0.3) is 0 Å². The number of amides is 2. The van der Waals surface area contributed by atoms with Gasteiger partial charge in [0.15, 0.2) is 5.76 Å². The minimum Gasteiger partial charge on any atom is -0.394 e. The first-order valence-corrected chi connectivity index (χ1v) is 5.75. The normalized spacial score (nSPS) is 12.2. The minimum absolute atomic E-state index is 0.0762. The first-order chi connectivity index (χ1) is 8.12. The average Bonchev–Trinajstić information content (AvgIpc) is 2.67. The Kier molecular flexibility index (Phi) is 4.96. The van der Waals surface area contributed by atoms with E-state index >= 15 is 0 Å². The van der Waals surface area contributed by atoms with E-state index in [1.807, 2.05) is 13.8 Å². The lowest BCUT2D eigenvalue weighted by molar-refractivity contribution is 0.222. The van der Waals surface area contributed by atoms with Crippen molar-refractivity contribution in [2.75, 3.05) is 11.9 Å². The van der Waals surface area contributed by atoms with Crippen LogP contribution in [0.2, 0.25) is 0 Å². The third-order valence-electron chi connectivity index (χ3n) is 2.56. The van der Waals surface area contributed by atoms with Crippen molar-refractivity contribution in [2.24, 2.45) is 0 Å². The van der Waals surface area contributed by atoms with Gasteiger partial charge in [0, 0.05) is 0 Å². The number of aryl methyl sites for hydroxylation is 2. The first-order valence-electron chi connectivity index (χ1n) is 5.75. The first kappa shape index (κ1) is 13.5. The summed E-state index contributed by atoms with van der Waals surface area (Å²) in [5, 5.41) is 18.2. The van der Waals surface area contributed by atoms with Crippen molar-refractivity contribution in [3.63, 3.8) is 0 Å². The van der Waals surface area contributed by atoms with E-state index < -0.39 is 0 Å². The largest absolute Gasteiger partial charge is 0.394 e. The number of nitrogens with one attached hydrogen (secondary N) is 2. The van der Waals surface area contributed by atoms with Gasteiger partial charge < -0.3 is 20.3 Å². The Hall–Kier alpha value is -1.56. The smallest absolute Gasteiger partial charge is 0.319 e. The SMILES string of the molecule is CCc1noc(C)c1NC(=O)NC(CC)CO. The number of nitrogens with zero attached hydrogens (tertiary/aromatic N) is 1. The Morgan fingerprint density at radius 2 is 2.24 bits per heavy atom. The zero-order valence-electron chi connectivity index (χ0n) is 10.4. The number of aliphatic hydroxyl groups excluding tert-OH is 1. The predicted molar refractivity (Wildman–Crippen MR) is 63.9 cm³/mol. The van der Waals surface area contributed by atoms with Gasteiger partial charge >= 0.3 is 6.03 Å². The van der Waals surface area contributed by atoms with Gasteiger partial charge in [-0.3, -0.25) is 0 Å². The predicted octanol–water partition coefficient (Wildman–Crippen LogP) is 1.44. The van der Waals surface area contributed by atoms with Gasteiger partial charge in [0.05, 0.1) is 12.6 Å². The highest BCUT2D eigenvalue weighted by Gasteiger charge is 2.15. The van der Waals surface area contributed by atoms with Crippen molar-refractivity contribution in [3.05, 3.63) is 11.5 Å². The molecule has 0 radical (unpaired) electrons. The van der Waals surface area contributed by atoms with Crippen LogP contribution in [0.15, 0.2) is 4.52 Å². The third-order valence-corrected chi connectivity index (χ3v) is 2.56. The Morgan fingerprint density at radius 1 is 1.53 bits per heavy atom. The van der Waals surface area contributed by atoms with Gasteiger partial charge in [0.1, 0.15) is 11.4 Å². The van der Waals surface area contributed by atoms with Crippen molar-refractivity contribution in [1.82, 2.24) is 10.5 Å². The zero-order valence-corrected chi connectivity index (χ0v) is 10.4. The molecule has 6 nitrogen and oxygen atoms in total. The highest BCUT2D eigenvalue weighted by atomic mass is 16.5. The summed E-state index contributed by atoms with van der Waals surface area (Å²) in [6, 6.07) is -0.591. The van der Waals surface area contributed by atoms with E-state index in [1.54, 1.807) is 6.92 Å². The number of carbonyl (C=O) groups is 1. The van der Waals surface area contributed by atoms with E-state index in [9.17, 15) is 4.79 Å². The third kappa shape index (κ3) is 3.45. The molecule has 1 aromatic rings. The molecular formula is C11H19N3O3. The summed E-state index contributed by atoms with van der Waals surface area (Å²) in [6.07, 6.45) is 1.36. The van der Waals surface area contributed by atoms with Gasteiger partial charge in [-0.15, -0.1) is 0 Å². The summed E-state index contributed by atoms with van der Waals surface area (Å²) >= 11 is 0. The maximum absolute atomic E-state index is 11.7. The number of aromatic nitrogens is 1. The second-order valence-electron chi connectivity index (χ2n) is 3.80. The molecule has 1 atom stereocenters. The lowest BCUT2D eigenvalue weighted by Gasteiger charge is -2.14. The van der Waals surface area contributed by atoms with Gasteiger partial charge in [-0.25, -0.2) is 4.79 Å². The van der Waals surface area contributed by atoms with E-state index in [2.05, 4.69) is 15.8 Å². The fourth-order valence-corrected chi connectivity index (χ4v) is 1.43. The molecule has 17 heavy (non-hydrogen) atoms. The van der Waals surface area contributed by atoms with Gasteiger partial charge in [-0.05, 0) is 19.8 Å². The fraction of sp³-hybridized carbons (Fsp3) is 0.636. The summed E-state index contributed by atoms with van der Waals surface area (Å²) in [7, 11) is 0. The molecule has 1 aromatic heterocycles. The highest BCUT2D eigenvalue weighted by molar-refractivity contribution is 5.90. The zero-order chi connectivity index (χ0) is 12.8. The standard InChI is InChI=1S/C11H19N3O3/c1-4-8(6-15)12-11(16)13-10-7(3)17-14-9(10)5-2/h8,15H,4-6H2,1-3H3,(H2,12,13,16). The minimum atomic E-state index is -0.355. The molecule has 0 aromatic carbocycles. The van der Waals surface area contributed by atoms with Gasteiger partial charge in [-0.1, -0.05) is 19.0 Å². The second kappa shape index (κ2) is 6.24. The van der Waals surface area contributed by atoms with E-state index in [0.29, 0.717) is 24.3 Å². The molecule has 0 spiro atoms. The van der Waals surface area contributed by atoms with Crippen LogP contribution in [0.25, 0.3) is 0 Å². The van der Waals surface area contributed by atoms with Crippen LogP contribution in [-0.2, 0) is 6.42 Å². The molecule has 0 saturated heterocycles. The molecule has 0 bridgehead atoms. The van der Waals surface area contributed by atoms with Crippen LogP contribution in [0.3, 0.4) is 0 Å². The van der Waals surface area contributed by atoms with Crippen LogP contribution >= 0.6 is 0 Å². The second-order valence-corrected chi connectivity index (χ2v) is 3.80. The van der Waals surface area contributed by atoms with Crippen LogP contribution < -0.4 is 10.6 Å². The van der Waals surface area contributed by atoms with Crippen molar-refractivity contribution < 1.29 is 14.4 Å². The molecule has 0 aliphatic carbocycles. The molecule has 2 amide bonds. The number of aliphatic hydroxyl groups is 1. The van der Waals surface area contributed by atoms with Crippen LogP contribution in [0, 0.1) is 6.92 Å². The van der Waals surface area contributed by atoms with Crippen molar-refractivity contribution in [3.8, 4) is 0 Å². The molecule has 1 heterocycles. The molecule has 6 heteroatoms. The summed E-state index contributed by atoms with van der Waals surface area (Å²) in [6.45, 7) is 5.49. The number of hydrogen-bond acceptors (Lipinski definition) is 4. The lowest BCUT2D eigenvalue weighted by Crippen LogP contribution is -2.39. The molecule has 1 rings (SSSR count). The molecule has 0 fully saturated rings. The molecular weight excluding hydrogens is 222 g/mol. The highest BCUT2D eigenvalue weighted by Crippen LogP contribution is 2.19. The van der Waals surface area contributed by atoms with Crippen molar-refractivity contribution in [1.29, 1.82) is 0 Å². The summed E-state index contributed by atoms with van der Waals surface area (Å²) in [5.74, 6) is 0.578. The Labute approximate surface area is 100 Å². The van der Waals surface area contributed by atoms with Crippen LogP contribution in [0.4, 0.5) is 10.5 Å². The molecule has 1 unspecified atom stereocenters. The molecule has 0 aliphatic rings. The van der Waals surface area contributed by atoms with Crippen molar-refractivity contribution in [2.45, 2.75) is 39.7 Å². The van der Waals surface area contributed by atoms with E-state index in [4.69, 9.17) is 9.63 Å². The Balaban J connectivity index is 2.64. The molecule has 0 aliphatic heterocycles. The topological polar surface area (TPSA) is 87.4 Å². The summed E-state index contributed by atoms with van der Waals surface area (Å²) < 4.78 is 5.00. The van der Waals surface area contributed by atoms with E-state index in [1.165, 1.54) is 0 Å². The van der Waals surface area contributed by atoms with Gasteiger partial charge in [0.2, 0.25) is 0 Å². The summed E-state index contributed by atoms with van der Waals surface area (Å²) in [4.78, 5) is 11.7. The number of urea groups is 1. The average molecular weight is 241 g/mol. The van der Waals surface area contributed by atoms with Crippen LogP contribution in [-0.4, -0.2) is 28.9 Å². The molecule has 0 saturated carbocycles. The monoisotopic (exact) mass is 241 g/mol. The molecule has 96 valence electrons. The fourth-order valence-electron chi connectivity index (χ4n) is 1.43. The Bertz CT molecular complexity index is 372. The van der Waals surface area contributed by atoms with E-state index in [-0.39, 0.29) is 18.7 Å². The van der Waals surface area contributed by atoms with E-state index in [0.717, 1.165) is 5.69 Å². The lowest BCUT2D eigenvalue weighted by atomic mass is 10.2. The van der Waals surface area contributed by atoms with Crippen LogP contribution in [0.5, 0.6) is 0 Å². The van der Waals surface area contributed by atoms with Crippen LogP contribution in [0.1, 0.15) is 31.7 Å². The Morgan fingerprint density at radius 3 is 2.76 bits per heavy atom. The number of carbonyl (C=O) groups excluding carboxylic acids is 1. The van der Waals surface area contributed by atoms with Crippen molar-refractivity contribution >= 4 is 11.7 Å². The van der Waals surface area contributed by atoms with Gasteiger partial charge in [-0.2, -0.15) is 0 Å². The maximum atomic E-state index is 11.7.